The van der Waals surface area contributed by atoms with Gasteiger partial charge in [-0.2, -0.15) is 0 Å². The second-order valence-electron chi connectivity index (χ2n) is 5.53. The number of rotatable bonds is 7. The van der Waals surface area contributed by atoms with Gasteiger partial charge in [0, 0.05) is 5.56 Å². The van der Waals surface area contributed by atoms with Crippen LogP contribution in [0, 0.1) is 6.92 Å². The first-order chi connectivity index (χ1) is 11.5. The topological polar surface area (TPSA) is 47.6 Å². The average molecular weight is 348 g/mol. The van der Waals surface area contributed by atoms with Gasteiger partial charge in [0.25, 0.3) is 5.91 Å². The van der Waals surface area contributed by atoms with Crippen molar-refractivity contribution in [3.05, 3.63) is 58.6 Å². The van der Waals surface area contributed by atoms with Gasteiger partial charge in [-0.1, -0.05) is 29.8 Å². The van der Waals surface area contributed by atoms with Crippen molar-refractivity contribution in [3.63, 3.8) is 0 Å². The first kappa shape index (κ1) is 18.1. The summed E-state index contributed by atoms with van der Waals surface area (Å²) >= 11 is 6.12. The van der Waals surface area contributed by atoms with Crippen LogP contribution in [0.3, 0.4) is 0 Å². The van der Waals surface area contributed by atoms with Crippen LogP contribution in [0.1, 0.15) is 29.8 Å². The van der Waals surface area contributed by atoms with E-state index in [4.69, 9.17) is 21.1 Å². The summed E-state index contributed by atoms with van der Waals surface area (Å²) < 4.78 is 11.1. The molecule has 5 heteroatoms. The summed E-state index contributed by atoms with van der Waals surface area (Å²) in [5.41, 5.74) is 1.56. The Kier molecular flexibility index (Phi) is 6.50. The standard InChI is InChI=1S/C19H22ClNO3/c1-4-23-18-10-9-15(11-16(18)20)19(22)21-14(3)12-24-17-8-6-5-7-13(17)2/h5-11,14H,4,12H2,1-3H3,(H,21,22). The number of nitrogens with one attached hydrogen (secondary N) is 1. The largest absolute Gasteiger partial charge is 0.492 e. The van der Waals surface area contributed by atoms with Gasteiger partial charge in [0.2, 0.25) is 0 Å². The molecule has 1 amide bonds. The molecule has 0 aromatic heterocycles. The highest BCUT2D eigenvalue weighted by molar-refractivity contribution is 6.32. The van der Waals surface area contributed by atoms with Gasteiger partial charge < -0.3 is 14.8 Å². The SMILES string of the molecule is CCOc1ccc(C(=O)NC(C)COc2ccccc2C)cc1Cl. The van der Waals surface area contributed by atoms with E-state index < -0.39 is 0 Å². The summed E-state index contributed by atoms with van der Waals surface area (Å²) in [4.78, 5) is 12.3. The number of benzene rings is 2. The molecule has 2 rings (SSSR count). The van der Waals surface area contributed by atoms with Crippen LogP contribution in [-0.4, -0.2) is 25.2 Å². The van der Waals surface area contributed by atoms with Crippen LogP contribution >= 0.6 is 11.6 Å². The lowest BCUT2D eigenvalue weighted by atomic mass is 10.2. The van der Waals surface area contributed by atoms with Gasteiger partial charge in [0.1, 0.15) is 18.1 Å². The lowest BCUT2D eigenvalue weighted by molar-refractivity contribution is 0.0926. The van der Waals surface area contributed by atoms with Crippen molar-refractivity contribution in [1.29, 1.82) is 0 Å². The summed E-state index contributed by atoms with van der Waals surface area (Å²) in [5, 5.41) is 3.33. The Morgan fingerprint density at radius 3 is 2.58 bits per heavy atom. The molecule has 24 heavy (non-hydrogen) atoms. The van der Waals surface area contributed by atoms with Crippen LogP contribution in [-0.2, 0) is 0 Å². The Balaban J connectivity index is 1.91. The van der Waals surface area contributed by atoms with E-state index in [1.54, 1.807) is 18.2 Å². The van der Waals surface area contributed by atoms with E-state index in [2.05, 4.69) is 5.32 Å². The molecule has 128 valence electrons. The summed E-state index contributed by atoms with van der Waals surface area (Å²) in [5.74, 6) is 1.20. The third kappa shape index (κ3) is 4.90. The molecule has 0 saturated heterocycles. The van der Waals surface area contributed by atoms with Crippen molar-refractivity contribution >= 4 is 17.5 Å². The molecule has 0 spiro atoms. The van der Waals surface area contributed by atoms with E-state index in [1.165, 1.54) is 0 Å². The van der Waals surface area contributed by atoms with E-state index >= 15 is 0 Å². The number of para-hydroxylation sites is 1. The zero-order valence-electron chi connectivity index (χ0n) is 14.1. The number of aryl methyl sites for hydroxylation is 1. The van der Waals surface area contributed by atoms with Crippen molar-refractivity contribution in [2.45, 2.75) is 26.8 Å². The smallest absolute Gasteiger partial charge is 0.251 e. The highest BCUT2D eigenvalue weighted by Crippen LogP contribution is 2.25. The van der Waals surface area contributed by atoms with Gasteiger partial charge in [-0.05, 0) is 50.6 Å². The molecule has 2 aromatic rings. The minimum atomic E-state index is -0.194. The Morgan fingerprint density at radius 1 is 1.17 bits per heavy atom. The molecule has 4 nitrogen and oxygen atoms in total. The summed E-state index contributed by atoms with van der Waals surface area (Å²) in [6.07, 6.45) is 0. The highest BCUT2D eigenvalue weighted by Gasteiger charge is 2.13. The molecule has 0 saturated carbocycles. The van der Waals surface area contributed by atoms with Gasteiger partial charge in [-0.25, -0.2) is 0 Å². The molecule has 2 aromatic carbocycles. The molecule has 0 bridgehead atoms. The first-order valence-electron chi connectivity index (χ1n) is 7.93. The Morgan fingerprint density at radius 2 is 1.92 bits per heavy atom. The van der Waals surface area contributed by atoms with E-state index in [0.29, 0.717) is 29.5 Å². The molecular weight excluding hydrogens is 326 g/mol. The van der Waals surface area contributed by atoms with Gasteiger partial charge in [-0.3, -0.25) is 4.79 Å². The quantitative estimate of drug-likeness (QED) is 0.814. The Hall–Kier alpha value is -2.20. The monoisotopic (exact) mass is 347 g/mol. The van der Waals surface area contributed by atoms with Crippen molar-refractivity contribution < 1.29 is 14.3 Å². The fraction of sp³-hybridized carbons (Fsp3) is 0.316. The number of hydrogen-bond donors (Lipinski definition) is 1. The molecule has 1 unspecified atom stereocenters. The van der Waals surface area contributed by atoms with Gasteiger partial charge in [0.15, 0.2) is 0 Å². The fourth-order valence-electron chi connectivity index (χ4n) is 2.20. The van der Waals surface area contributed by atoms with Crippen molar-refractivity contribution in [2.24, 2.45) is 0 Å². The van der Waals surface area contributed by atoms with Crippen LogP contribution in [0.2, 0.25) is 5.02 Å². The zero-order chi connectivity index (χ0) is 17.5. The van der Waals surface area contributed by atoms with Crippen molar-refractivity contribution in [2.75, 3.05) is 13.2 Å². The van der Waals surface area contributed by atoms with E-state index in [0.717, 1.165) is 11.3 Å². The van der Waals surface area contributed by atoms with Crippen LogP contribution < -0.4 is 14.8 Å². The lowest BCUT2D eigenvalue weighted by Crippen LogP contribution is -2.36. The van der Waals surface area contributed by atoms with E-state index in [-0.39, 0.29) is 11.9 Å². The lowest BCUT2D eigenvalue weighted by Gasteiger charge is -2.16. The number of halogens is 1. The van der Waals surface area contributed by atoms with Crippen LogP contribution in [0.15, 0.2) is 42.5 Å². The maximum absolute atomic E-state index is 12.3. The predicted octanol–water partition coefficient (Wildman–Crippen LogP) is 4.24. The highest BCUT2D eigenvalue weighted by atomic mass is 35.5. The Labute approximate surface area is 147 Å². The maximum Gasteiger partial charge on any atom is 0.251 e. The fourth-order valence-corrected chi connectivity index (χ4v) is 2.43. The number of carbonyl (C=O) groups is 1. The van der Waals surface area contributed by atoms with E-state index in [9.17, 15) is 4.79 Å². The number of hydrogen-bond acceptors (Lipinski definition) is 3. The average Bonchev–Trinajstić information content (AvgIpc) is 2.56. The van der Waals surface area contributed by atoms with Gasteiger partial charge in [0.05, 0.1) is 17.7 Å². The normalized spacial score (nSPS) is 11.7. The summed E-state index contributed by atoms with van der Waals surface area (Å²) in [7, 11) is 0. The second-order valence-corrected chi connectivity index (χ2v) is 5.94. The number of carbonyl (C=O) groups excluding carboxylic acids is 1. The summed E-state index contributed by atoms with van der Waals surface area (Å²) in [6.45, 7) is 6.68. The van der Waals surface area contributed by atoms with Crippen molar-refractivity contribution in [3.8, 4) is 11.5 Å². The minimum Gasteiger partial charge on any atom is -0.492 e. The van der Waals surface area contributed by atoms with Crippen LogP contribution in [0.4, 0.5) is 0 Å². The molecule has 0 radical (unpaired) electrons. The second kappa shape index (κ2) is 8.60. The molecule has 0 fully saturated rings. The predicted molar refractivity (Wildman–Crippen MR) is 96.2 cm³/mol. The molecule has 0 aliphatic heterocycles. The van der Waals surface area contributed by atoms with E-state index in [1.807, 2.05) is 45.0 Å². The van der Waals surface area contributed by atoms with Gasteiger partial charge in [-0.15, -0.1) is 0 Å². The molecule has 0 heterocycles. The molecular formula is C19H22ClNO3. The Bertz CT molecular complexity index is 703. The zero-order valence-corrected chi connectivity index (χ0v) is 14.9. The molecule has 1 N–H and O–H groups in total. The molecule has 0 aliphatic rings. The third-order valence-corrected chi connectivity index (χ3v) is 3.75. The third-order valence-electron chi connectivity index (χ3n) is 3.45. The van der Waals surface area contributed by atoms with Gasteiger partial charge >= 0.3 is 0 Å². The summed E-state index contributed by atoms with van der Waals surface area (Å²) in [6, 6.07) is 12.7. The number of amides is 1. The first-order valence-corrected chi connectivity index (χ1v) is 8.30. The molecule has 1 atom stereocenters. The van der Waals surface area contributed by atoms with Crippen LogP contribution in [0.5, 0.6) is 11.5 Å². The van der Waals surface area contributed by atoms with Crippen molar-refractivity contribution in [1.82, 2.24) is 5.32 Å². The molecule has 0 aliphatic carbocycles. The number of ether oxygens (including phenoxy) is 2. The minimum absolute atomic E-state index is 0.137. The van der Waals surface area contributed by atoms with Crippen LogP contribution in [0.25, 0.3) is 0 Å². The maximum atomic E-state index is 12.3.